The molecular weight excluding hydrogens is 268 g/mol. The van der Waals surface area contributed by atoms with Gasteiger partial charge in [0.1, 0.15) is 0 Å². The molecule has 1 aromatic carbocycles. The van der Waals surface area contributed by atoms with Gasteiger partial charge in [-0.1, -0.05) is 17.7 Å². The summed E-state index contributed by atoms with van der Waals surface area (Å²) >= 11 is 1.63. The molecule has 1 heterocycles. The molecule has 104 valence electrons. The summed E-state index contributed by atoms with van der Waals surface area (Å²) in [7, 11) is 0. The highest BCUT2D eigenvalue weighted by atomic mass is 32.1. The molecule has 3 nitrogen and oxygen atoms in total. The standard InChI is InChI=1S/C16H18N2OS/c1-10-7-8-11(2)12(9-10)15(19)18-16-17-13-5-3-4-6-14(13)20-16/h7-9H,3-6H2,1-2H3,(H,17,18,19). The summed E-state index contributed by atoms with van der Waals surface area (Å²) in [6.07, 6.45) is 4.60. The number of aryl methyl sites for hydroxylation is 4. The summed E-state index contributed by atoms with van der Waals surface area (Å²) in [4.78, 5) is 18.3. The van der Waals surface area contributed by atoms with Crippen molar-refractivity contribution in [2.45, 2.75) is 39.5 Å². The Labute approximate surface area is 123 Å². The van der Waals surface area contributed by atoms with Gasteiger partial charge in [0.05, 0.1) is 5.69 Å². The van der Waals surface area contributed by atoms with E-state index >= 15 is 0 Å². The fraction of sp³-hybridized carbons (Fsp3) is 0.375. The smallest absolute Gasteiger partial charge is 0.257 e. The van der Waals surface area contributed by atoms with Gasteiger partial charge in [0.25, 0.3) is 5.91 Å². The van der Waals surface area contributed by atoms with E-state index in [9.17, 15) is 4.79 Å². The lowest BCUT2D eigenvalue weighted by Gasteiger charge is -2.06. The van der Waals surface area contributed by atoms with E-state index in [0.29, 0.717) is 0 Å². The van der Waals surface area contributed by atoms with Gasteiger partial charge < -0.3 is 0 Å². The SMILES string of the molecule is Cc1ccc(C)c(C(=O)Nc2nc3c(s2)CCCC3)c1. The van der Waals surface area contributed by atoms with Crippen LogP contribution in [0.2, 0.25) is 0 Å². The van der Waals surface area contributed by atoms with Crippen molar-refractivity contribution in [3.8, 4) is 0 Å². The number of carbonyl (C=O) groups excluding carboxylic acids is 1. The molecular formula is C16H18N2OS. The molecule has 0 aliphatic heterocycles. The number of fused-ring (bicyclic) bond motifs is 1. The van der Waals surface area contributed by atoms with Crippen LogP contribution in [0.3, 0.4) is 0 Å². The molecule has 0 bridgehead atoms. The Bertz CT molecular complexity index is 637. The third kappa shape index (κ3) is 2.61. The molecule has 3 rings (SSSR count). The maximum atomic E-state index is 12.4. The first-order valence-corrected chi connectivity index (χ1v) is 7.82. The number of carbonyl (C=O) groups is 1. The fourth-order valence-electron chi connectivity index (χ4n) is 2.55. The minimum Gasteiger partial charge on any atom is -0.298 e. The largest absolute Gasteiger partial charge is 0.298 e. The van der Waals surface area contributed by atoms with E-state index in [4.69, 9.17) is 0 Å². The zero-order valence-electron chi connectivity index (χ0n) is 11.8. The van der Waals surface area contributed by atoms with Gasteiger partial charge in [0.2, 0.25) is 0 Å². The summed E-state index contributed by atoms with van der Waals surface area (Å²) in [5.41, 5.74) is 4.00. The molecule has 0 fully saturated rings. The van der Waals surface area contributed by atoms with Crippen molar-refractivity contribution < 1.29 is 4.79 Å². The molecule has 0 atom stereocenters. The van der Waals surface area contributed by atoms with Crippen molar-refractivity contribution in [1.82, 2.24) is 4.98 Å². The summed E-state index contributed by atoms with van der Waals surface area (Å²) in [5, 5.41) is 3.69. The van der Waals surface area contributed by atoms with Crippen LogP contribution in [0.1, 0.15) is 44.9 Å². The molecule has 0 unspecified atom stereocenters. The lowest BCUT2D eigenvalue weighted by atomic mass is 10.0. The van der Waals surface area contributed by atoms with Crippen molar-refractivity contribution in [2.75, 3.05) is 5.32 Å². The van der Waals surface area contributed by atoms with E-state index in [1.165, 1.54) is 23.4 Å². The highest BCUT2D eigenvalue weighted by molar-refractivity contribution is 7.15. The number of benzene rings is 1. The van der Waals surface area contributed by atoms with Crippen molar-refractivity contribution in [2.24, 2.45) is 0 Å². The van der Waals surface area contributed by atoms with Gasteiger partial charge in [-0.2, -0.15) is 0 Å². The quantitative estimate of drug-likeness (QED) is 0.910. The summed E-state index contributed by atoms with van der Waals surface area (Å²) in [6, 6.07) is 5.93. The highest BCUT2D eigenvalue weighted by Crippen LogP contribution is 2.29. The van der Waals surface area contributed by atoms with Crippen molar-refractivity contribution in [3.63, 3.8) is 0 Å². The van der Waals surface area contributed by atoms with E-state index in [1.807, 2.05) is 32.0 Å². The average molecular weight is 286 g/mol. The highest BCUT2D eigenvalue weighted by Gasteiger charge is 2.17. The first kappa shape index (κ1) is 13.3. The van der Waals surface area contributed by atoms with E-state index < -0.39 is 0 Å². The monoisotopic (exact) mass is 286 g/mol. The van der Waals surface area contributed by atoms with E-state index in [-0.39, 0.29) is 5.91 Å². The molecule has 1 aromatic heterocycles. The third-order valence-corrected chi connectivity index (χ3v) is 4.78. The molecule has 1 amide bonds. The van der Waals surface area contributed by atoms with Crippen molar-refractivity contribution in [3.05, 3.63) is 45.5 Å². The minimum absolute atomic E-state index is 0.0581. The second-order valence-electron chi connectivity index (χ2n) is 5.37. The van der Waals surface area contributed by atoms with Crippen LogP contribution in [0.15, 0.2) is 18.2 Å². The maximum absolute atomic E-state index is 12.4. The van der Waals surface area contributed by atoms with Crippen LogP contribution < -0.4 is 5.32 Å². The summed E-state index contributed by atoms with van der Waals surface area (Å²) in [5.74, 6) is -0.0581. The number of anilines is 1. The number of aromatic nitrogens is 1. The number of hydrogen-bond donors (Lipinski definition) is 1. The summed E-state index contributed by atoms with van der Waals surface area (Å²) < 4.78 is 0. The van der Waals surface area contributed by atoms with Crippen LogP contribution in [0, 0.1) is 13.8 Å². The zero-order valence-corrected chi connectivity index (χ0v) is 12.6. The lowest BCUT2D eigenvalue weighted by Crippen LogP contribution is -2.13. The predicted octanol–water partition coefficient (Wildman–Crippen LogP) is 3.89. The Morgan fingerprint density at radius 3 is 2.85 bits per heavy atom. The van der Waals surface area contributed by atoms with Crippen LogP contribution in [0.5, 0.6) is 0 Å². The summed E-state index contributed by atoms with van der Waals surface area (Å²) in [6.45, 7) is 3.96. The number of thiazole rings is 1. The topological polar surface area (TPSA) is 42.0 Å². The zero-order chi connectivity index (χ0) is 14.1. The number of amides is 1. The van der Waals surface area contributed by atoms with Gasteiger partial charge in [-0.05, 0) is 51.2 Å². The molecule has 1 aliphatic rings. The van der Waals surface area contributed by atoms with Crippen LogP contribution in [0.25, 0.3) is 0 Å². The van der Waals surface area contributed by atoms with Crippen LogP contribution in [0.4, 0.5) is 5.13 Å². The number of nitrogens with one attached hydrogen (secondary N) is 1. The Balaban J connectivity index is 1.82. The van der Waals surface area contributed by atoms with E-state index in [2.05, 4.69) is 10.3 Å². The molecule has 20 heavy (non-hydrogen) atoms. The molecule has 0 radical (unpaired) electrons. The number of rotatable bonds is 2. The minimum atomic E-state index is -0.0581. The molecule has 1 aliphatic carbocycles. The Morgan fingerprint density at radius 2 is 2.05 bits per heavy atom. The molecule has 0 saturated heterocycles. The Hall–Kier alpha value is -1.68. The van der Waals surface area contributed by atoms with Gasteiger partial charge in [0, 0.05) is 10.4 Å². The molecule has 1 N–H and O–H groups in total. The van der Waals surface area contributed by atoms with Gasteiger partial charge >= 0.3 is 0 Å². The average Bonchev–Trinajstić information content (AvgIpc) is 2.83. The van der Waals surface area contributed by atoms with Gasteiger partial charge in [0.15, 0.2) is 5.13 Å². The van der Waals surface area contributed by atoms with E-state index in [0.717, 1.165) is 34.7 Å². The van der Waals surface area contributed by atoms with Crippen LogP contribution in [-0.4, -0.2) is 10.9 Å². The normalized spacial score (nSPS) is 13.9. The van der Waals surface area contributed by atoms with Crippen LogP contribution in [-0.2, 0) is 12.8 Å². The third-order valence-electron chi connectivity index (χ3n) is 3.70. The Kier molecular flexibility index (Phi) is 3.57. The first-order chi connectivity index (χ1) is 9.63. The van der Waals surface area contributed by atoms with Gasteiger partial charge in [-0.3, -0.25) is 10.1 Å². The molecule has 0 saturated carbocycles. The van der Waals surface area contributed by atoms with Crippen molar-refractivity contribution >= 4 is 22.4 Å². The molecule has 0 spiro atoms. The predicted molar refractivity (Wildman–Crippen MR) is 82.6 cm³/mol. The van der Waals surface area contributed by atoms with E-state index in [1.54, 1.807) is 11.3 Å². The number of nitrogens with zero attached hydrogens (tertiary/aromatic N) is 1. The van der Waals surface area contributed by atoms with Gasteiger partial charge in [-0.25, -0.2) is 4.98 Å². The molecule has 4 heteroatoms. The first-order valence-electron chi connectivity index (χ1n) is 7.00. The van der Waals surface area contributed by atoms with Crippen molar-refractivity contribution in [1.29, 1.82) is 0 Å². The fourth-order valence-corrected chi connectivity index (χ4v) is 3.60. The van der Waals surface area contributed by atoms with Crippen LogP contribution >= 0.6 is 11.3 Å². The maximum Gasteiger partial charge on any atom is 0.257 e. The lowest BCUT2D eigenvalue weighted by molar-refractivity contribution is 0.102. The second-order valence-corrected chi connectivity index (χ2v) is 6.45. The second kappa shape index (κ2) is 5.37. The Morgan fingerprint density at radius 1 is 1.25 bits per heavy atom. The molecule has 2 aromatic rings. The van der Waals surface area contributed by atoms with Gasteiger partial charge in [-0.15, -0.1) is 11.3 Å². The number of hydrogen-bond acceptors (Lipinski definition) is 3.